The van der Waals surface area contributed by atoms with Crippen molar-refractivity contribution in [1.82, 2.24) is 19.8 Å². The predicted molar refractivity (Wildman–Crippen MR) is 91.4 cm³/mol. The number of hydrogen-bond donors (Lipinski definition) is 0. The van der Waals surface area contributed by atoms with Crippen molar-refractivity contribution in [3.05, 3.63) is 47.8 Å². The van der Waals surface area contributed by atoms with E-state index < -0.39 is 11.7 Å². The van der Waals surface area contributed by atoms with Gasteiger partial charge in [0.1, 0.15) is 18.2 Å². The van der Waals surface area contributed by atoms with Crippen LogP contribution in [0.4, 0.5) is 24.7 Å². The van der Waals surface area contributed by atoms with Crippen molar-refractivity contribution in [3.63, 3.8) is 0 Å². The summed E-state index contributed by atoms with van der Waals surface area (Å²) in [5, 5.41) is 21.4. The van der Waals surface area contributed by atoms with Gasteiger partial charge in [0.2, 0.25) is 0 Å². The van der Waals surface area contributed by atoms with Gasteiger partial charge in [-0.05, 0) is 30.3 Å². The van der Waals surface area contributed by atoms with Gasteiger partial charge < -0.3 is 9.80 Å². The monoisotopic (exact) mass is 373 g/mol. The highest BCUT2D eigenvalue weighted by Crippen LogP contribution is 2.33. The Hall–Kier alpha value is -3.35. The van der Waals surface area contributed by atoms with Crippen molar-refractivity contribution >= 4 is 17.2 Å². The molecule has 2 aromatic heterocycles. The summed E-state index contributed by atoms with van der Waals surface area (Å²) in [4.78, 5) is 4.00. The van der Waals surface area contributed by atoms with E-state index in [1.165, 1.54) is 12.4 Å². The zero-order valence-corrected chi connectivity index (χ0v) is 14.1. The van der Waals surface area contributed by atoms with Crippen molar-refractivity contribution in [2.24, 2.45) is 0 Å². The Bertz CT molecular complexity index is 1010. The first-order valence-corrected chi connectivity index (χ1v) is 8.24. The Balaban J connectivity index is 1.51. The van der Waals surface area contributed by atoms with E-state index in [-0.39, 0.29) is 5.56 Å². The van der Waals surface area contributed by atoms with Gasteiger partial charge >= 0.3 is 6.18 Å². The summed E-state index contributed by atoms with van der Waals surface area (Å²) in [5.74, 6) is 0.773. The molecule has 1 aromatic carbocycles. The average Bonchev–Trinajstić information content (AvgIpc) is 3.14. The number of nitriles is 1. The lowest BCUT2D eigenvalue weighted by Gasteiger charge is -2.37. The fourth-order valence-corrected chi connectivity index (χ4v) is 3.14. The van der Waals surface area contributed by atoms with Gasteiger partial charge in [-0.15, -0.1) is 15.3 Å². The molecule has 1 aliphatic rings. The van der Waals surface area contributed by atoms with Crippen LogP contribution in [0.1, 0.15) is 11.1 Å². The van der Waals surface area contributed by atoms with Crippen LogP contribution in [0.2, 0.25) is 0 Å². The molecular weight excluding hydrogens is 359 g/mol. The normalized spacial score (nSPS) is 15.2. The van der Waals surface area contributed by atoms with Gasteiger partial charge in [0, 0.05) is 26.2 Å². The van der Waals surface area contributed by atoms with Gasteiger partial charge in [-0.25, -0.2) is 0 Å². The molecule has 0 bridgehead atoms. The number of alkyl halides is 3. The number of halogens is 3. The zero-order chi connectivity index (χ0) is 19.0. The molecule has 1 saturated heterocycles. The lowest BCUT2D eigenvalue weighted by atomic mass is 10.1. The zero-order valence-electron chi connectivity index (χ0n) is 14.1. The minimum atomic E-state index is -4.46. The Labute approximate surface area is 152 Å². The molecule has 10 heteroatoms. The summed E-state index contributed by atoms with van der Waals surface area (Å²) >= 11 is 0. The van der Waals surface area contributed by atoms with Crippen LogP contribution in [-0.4, -0.2) is 46.0 Å². The summed E-state index contributed by atoms with van der Waals surface area (Å²) in [6, 6.07) is 8.86. The van der Waals surface area contributed by atoms with Gasteiger partial charge in [-0.3, -0.25) is 0 Å². The number of piperazine rings is 1. The largest absolute Gasteiger partial charge is 0.416 e. The summed E-state index contributed by atoms with van der Waals surface area (Å²) in [5.41, 5.74) is 0.392. The quantitative estimate of drug-likeness (QED) is 0.687. The molecule has 0 radical (unpaired) electrons. The molecule has 7 nitrogen and oxygen atoms in total. The van der Waals surface area contributed by atoms with E-state index in [0.29, 0.717) is 37.5 Å². The molecule has 138 valence electrons. The Morgan fingerprint density at radius 3 is 2.44 bits per heavy atom. The first-order valence-electron chi connectivity index (χ1n) is 8.24. The van der Waals surface area contributed by atoms with Crippen molar-refractivity contribution < 1.29 is 13.2 Å². The second-order valence-corrected chi connectivity index (χ2v) is 6.14. The Morgan fingerprint density at radius 1 is 1.00 bits per heavy atom. The third kappa shape index (κ3) is 3.23. The van der Waals surface area contributed by atoms with Crippen molar-refractivity contribution in [2.75, 3.05) is 36.0 Å². The van der Waals surface area contributed by atoms with Crippen LogP contribution in [-0.2, 0) is 6.18 Å². The molecule has 0 atom stereocenters. The molecule has 3 heterocycles. The van der Waals surface area contributed by atoms with Crippen LogP contribution in [0.3, 0.4) is 0 Å². The first kappa shape index (κ1) is 17.1. The van der Waals surface area contributed by atoms with E-state index >= 15 is 0 Å². The number of nitrogens with zero attached hydrogens (tertiary/aromatic N) is 7. The maximum Gasteiger partial charge on any atom is 0.416 e. The molecule has 0 unspecified atom stereocenters. The minimum absolute atomic E-state index is 0.0299. The summed E-state index contributed by atoms with van der Waals surface area (Å²) in [6.45, 7) is 2.41. The van der Waals surface area contributed by atoms with Crippen LogP contribution in [0.25, 0.3) is 5.65 Å². The third-order valence-corrected chi connectivity index (χ3v) is 4.54. The number of anilines is 2. The lowest BCUT2D eigenvalue weighted by molar-refractivity contribution is -0.137. The van der Waals surface area contributed by atoms with Crippen LogP contribution >= 0.6 is 0 Å². The van der Waals surface area contributed by atoms with Gasteiger partial charge in [0.15, 0.2) is 5.65 Å². The number of fused-ring (bicyclic) bond motifs is 1. The van der Waals surface area contributed by atoms with Crippen molar-refractivity contribution in [1.29, 1.82) is 5.26 Å². The van der Waals surface area contributed by atoms with Gasteiger partial charge in [-0.1, -0.05) is 0 Å². The van der Waals surface area contributed by atoms with Crippen LogP contribution in [0, 0.1) is 11.3 Å². The van der Waals surface area contributed by atoms with E-state index in [2.05, 4.69) is 20.2 Å². The molecule has 4 rings (SSSR count). The lowest BCUT2D eigenvalue weighted by Crippen LogP contribution is -2.47. The Morgan fingerprint density at radius 2 is 1.74 bits per heavy atom. The van der Waals surface area contributed by atoms with E-state index in [0.717, 1.165) is 18.0 Å². The first-order chi connectivity index (χ1) is 13.0. The van der Waals surface area contributed by atoms with Crippen molar-refractivity contribution in [3.8, 4) is 6.07 Å². The van der Waals surface area contributed by atoms with E-state index in [1.54, 1.807) is 4.52 Å². The van der Waals surface area contributed by atoms with Crippen molar-refractivity contribution in [2.45, 2.75) is 6.18 Å². The van der Waals surface area contributed by atoms with E-state index in [1.807, 2.05) is 23.1 Å². The maximum absolute atomic E-state index is 12.9. The fourth-order valence-electron chi connectivity index (χ4n) is 3.14. The molecule has 0 N–H and O–H groups in total. The number of rotatable bonds is 2. The van der Waals surface area contributed by atoms with E-state index in [4.69, 9.17) is 0 Å². The minimum Gasteiger partial charge on any atom is -0.367 e. The molecule has 1 aliphatic heterocycles. The highest BCUT2D eigenvalue weighted by molar-refractivity contribution is 5.61. The van der Waals surface area contributed by atoms with Crippen LogP contribution in [0.5, 0.6) is 0 Å². The number of hydrogen-bond acceptors (Lipinski definition) is 6. The SMILES string of the molecule is N#Cc1cc(C(F)(F)F)ccc1N1CCN(c2ccc3nncn3n2)CC1. The van der Waals surface area contributed by atoms with Gasteiger partial charge in [-0.2, -0.15) is 22.9 Å². The standard InChI is InChI=1S/C17H14F3N7/c18-17(19,20)13-1-2-14(12(9-13)10-21)25-5-7-26(8-6-25)16-4-3-15-23-22-11-27(15)24-16/h1-4,9,11H,5-8H2. The topological polar surface area (TPSA) is 73.4 Å². The maximum atomic E-state index is 12.9. The summed E-state index contributed by atoms with van der Waals surface area (Å²) in [7, 11) is 0. The molecule has 0 spiro atoms. The third-order valence-electron chi connectivity index (χ3n) is 4.54. The van der Waals surface area contributed by atoms with E-state index in [9.17, 15) is 18.4 Å². The summed E-state index contributed by atoms with van der Waals surface area (Å²) < 4.78 is 40.2. The van der Waals surface area contributed by atoms with Gasteiger partial charge in [0.25, 0.3) is 0 Å². The van der Waals surface area contributed by atoms with Gasteiger partial charge in [0.05, 0.1) is 16.8 Å². The molecule has 0 aliphatic carbocycles. The second-order valence-electron chi connectivity index (χ2n) is 6.14. The van der Waals surface area contributed by atoms with Crippen LogP contribution < -0.4 is 9.80 Å². The highest BCUT2D eigenvalue weighted by Gasteiger charge is 2.31. The second kappa shape index (κ2) is 6.42. The van der Waals surface area contributed by atoms with Crippen LogP contribution in [0.15, 0.2) is 36.7 Å². The highest BCUT2D eigenvalue weighted by atomic mass is 19.4. The predicted octanol–water partition coefficient (Wildman–Crippen LogP) is 2.34. The molecule has 1 fully saturated rings. The number of aromatic nitrogens is 4. The molecule has 0 saturated carbocycles. The molecular formula is C17H14F3N7. The summed E-state index contributed by atoms with van der Waals surface area (Å²) in [6.07, 6.45) is -2.94. The average molecular weight is 373 g/mol. The number of benzene rings is 1. The smallest absolute Gasteiger partial charge is 0.367 e. The molecule has 27 heavy (non-hydrogen) atoms. The molecule has 0 amide bonds. The Kier molecular flexibility index (Phi) is 4.07. The molecule has 3 aromatic rings. The fraction of sp³-hybridized carbons (Fsp3) is 0.294.